The van der Waals surface area contributed by atoms with E-state index >= 15 is 0 Å². The zero-order valence-electron chi connectivity index (χ0n) is 38.1. The van der Waals surface area contributed by atoms with Gasteiger partial charge in [-0.15, -0.1) is 0 Å². The molecule has 11 heteroatoms. The maximum Gasteiger partial charge on any atom is 0.407 e. The normalized spacial score (nSPS) is 27.8. The number of aliphatic carboxylic acids is 1. The number of ether oxygens (including phenoxy) is 1. The van der Waals surface area contributed by atoms with Gasteiger partial charge in [0.25, 0.3) is 0 Å². The van der Waals surface area contributed by atoms with Crippen LogP contribution in [0, 0.1) is 22.7 Å². The first-order valence-electron chi connectivity index (χ1n) is 23.6. The van der Waals surface area contributed by atoms with Gasteiger partial charge in [0, 0.05) is 23.7 Å². The van der Waals surface area contributed by atoms with E-state index in [2.05, 4.69) is 48.9 Å². The van der Waals surface area contributed by atoms with Crippen molar-refractivity contribution >= 4 is 41.2 Å². The highest BCUT2D eigenvalue weighted by molar-refractivity contribution is 6.01. The van der Waals surface area contributed by atoms with Crippen molar-refractivity contribution in [2.45, 2.75) is 128 Å². The Morgan fingerprint density at radius 1 is 0.723 bits per heavy atom. The average Bonchev–Trinajstić information content (AvgIpc) is 3.60. The van der Waals surface area contributed by atoms with Crippen molar-refractivity contribution in [1.82, 2.24) is 10.6 Å². The summed E-state index contributed by atoms with van der Waals surface area (Å²) < 4.78 is 5.74. The molecular formula is C54H62N4O7. The van der Waals surface area contributed by atoms with Crippen molar-refractivity contribution in [1.29, 1.82) is 0 Å². The molecule has 6 N–H and O–H groups in total. The molecule has 0 aromatic heterocycles. The number of alkyl carbamates (subject to hydrolysis) is 1. The van der Waals surface area contributed by atoms with Crippen LogP contribution in [-0.2, 0) is 47.6 Å². The lowest BCUT2D eigenvalue weighted by Crippen LogP contribution is -2.60. The van der Waals surface area contributed by atoms with Crippen molar-refractivity contribution in [3.05, 3.63) is 118 Å². The summed E-state index contributed by atoms with van der Waals surface area (Å²) in [7, 11) is 0. The van der Waals surface area contributed by atoms with Crippen molar-refractivity contribution < 1.29 is 33.8 Å². The van der Waals surface area contributed by atoms with E-state index in [4.69, 9.17) is 10.5 Å². The van der Waals surface area contributed by atoms with Crippen LogP contribution in [0.1, 0.15) is 131 Å². The van der Waals surface area contributed by atoms with E-state index < -0.39 is 40.3 Å². The highest BCUT2D eigenvalue weighted by Gasteiger charge is 2.58. The SMILES string of the molecule is C[C@]1(C(=O)NC(=O)[C@@]2(C)CCC[C@]3(C)c4cc(NC(=O)[C@H](CCC(=O)O)NC(=O)OCC5c6ccccc6-c6ccccc65)ccc4CC[C@@H]23)CCC[C@]2(C)c3cc(N)ccc3CC[C@@H]12. The summed E-state index contributed by atoms with van der Waals surface area (Å²) in [5.41, 5.74) is 14.4. The first kappa shape index (κ1) is 44.2. The maximum absolute atomic E-state index is 14.7. The summed E-state index contributed by atoms with van der Waals surface area (Å²) in [6, 6.07) is 26.9. The first-order valence-corrected chi connectivity index (χ1v) is 23.6. The predicted octanol–water partition coefficient (Wildman–Crippen LogP) is 9.34. The number of nitrogen functional groups attached to an aromatic ring is 1. The van der Waals surface area contributed by atoms with Crippen LogP contribution in [0.15, 0.2) is 84.9 Å². The molecule has 7 atom stereocenters. The number of carbonyl (C=O) groups is 5. The van der Waals surface area contributed by atoms with Crippen molar-refractivity contribution in [2.24, 2.45) is 22.7 Å². The van der Waals surface area contributed by atoms with E-state index in [0.717, 1.165) is 96.9 Å². The second kappa shape index (κ2) is 16.8. The smallest absolute Gasteiger partial charge is 0.407 e. The van der Waals surface area contributed by atoms with Crippen LogP contribution in [0.5, 0.6) is 0 Å². The van der Waals surface area contributed by atoms with E-state index in [1.807, 2.05) is 79.7 Å². The Morgan fingerprint density at radius 3 is 1.83 bits per heavy atom. The minimum atomic E-state index is -1.18. The highest BCUT2D eigenvalue weighted by atomic mass is 16.5. The van der Waals surface area contributed by atoms with Crippen molar-refractivity contribution in [3.63, 3.8) is 0 Å². The van der Waals surface area contributed by atoms with Crippen LogP contribution < -0.4 is 21.7 Å². The van der Waals surface area contributed by atoms with Crippen LogP contribution in [0.2, 0.25) is 0 Å². The predicted molar refractivity (Wildman–Crippen MR) is 250 cm³/mol. The van der Waals surface area contributed by atoms with Gasteiger partial charge in [-0.25, -0.2) is 4.79 Å². The molecule has 4 aromatic rings. The summed E-state index contributed by atoms with van der Waals surface area (Å²) in [5, 5.41) is 18.2. The Bertz CT molecular complexity index is 2550. The molecule has 0 radical (unpaired) electrons. The minimum Gasteiger partial charge on any atom is -0.481 e. The fourth-order valence-electron chi connectivity index (χ4n) is 13.5. The van der Waals surface area contributed by atoms with Crippen LogP contribution in [-0.4, -0.2) is 47.5 Å². The molecule has 0 spiro atoms. The third kappa shape index (κ3) is 7.68. The molecule has 11 nitrogen and oxygen atoms in total. The molecule has 5 aliphatic rings. The van der Waals surface area contributed by atoms with E-state index in [0.29, 0.717) is 12.1 Å². The molecule has 340 valence electrons. The number of anilines is 2. The molecule has 2 fully saturated rings. The highest BCUT2D eigenvalue weighted by Crippen LogP contribution is 2.60. The van der Waals surface area contributed by atoms with E-state index in [1.165, 1.54) is 11.1 Å². The van der Waals surface area contributed by atoms with E-state index in [-0.39, 0.29) is 54.4 Å². The first-order chi connectivity index (χ1) is 31.0. The molecule has 4 aromatic carbocycles. The number of fused-ring (bicyclic) bond motifs is 9. The summed E-state index contributed by atoms with van der Waals surface area (Å²) in [6.45, 7) is 8.63. The largest absolute Gasteiger partial charge is 0.481 e. The second-order valence-corrected chi connectivity index (χ2v) is 20.6. The lowest BCUT2D eigenvalue weighted by molar-refractivity contribution is -0.150. The van der Waals surface area contributed by atoms with Gasteiger partial charge in [-0.2, -0.15) is 0 Å². The molecule has 0 aliphatic heterocycles. The zero-order valence-corrected chi connectivity index (χ0v) is 38.1. The average molecular weight is 879 g/mol. The monoisotopic (exact) mass is 878 g/mol. The Kier molecular flexibility index (Phi) is 11.4. The molecular weight excluding hydrogens is 817 g/mol. The molecule has 0 unspecified atom stereocenters. The lowest BCUT2D eigenvalue weighted by atomic mass is 9.49. The van der Waals surface area contributed by atoms with Crippen LogP contribution in [0.3, 0.4) is 0 Å². The van der Waals surface area contributed by atoms with Gasteiger partial charge in [0.05, 0.1) is 10.8 Å². The molecule has 4 amide bonds. The zero-order chi connectivity index (χ0) is 45.9. The number of nitrogens with one attached hydrogen (secondary N) is 3. The second-order valence-electron chi connectivity index (χ2n) is 20.6. The summed E-state index contributed by atoms with van der Waals surface area (Å²) in [4.78, 5) is 68.3. The number of nitrogens with two attached hydrogens (primary N) is 1. The number of aryl methyl sites for hydroxylation is 2. The number of carboxylic acids is 1. The molecule has 65 heavy (non-hydrogen) atoms. The van der Waals surface area contributed by atoms with Gasteiger partial charge in [-0.05, 0) is 149 Å². The Hall–Kier alpha value is -5.97. The number of rotatable bonds is 10. The van der Waals surface area contributed by atoms with Crippen molar-refractivity contribution in [2.75, 3.05) is 17.7 Å². The Balaban J connectivity index is 0.891. The standard InChI is InChI=1S/C54H62N4O7/c1-51-25-9-27-53(3,44(51)22-17-32-15-19-34(55)29-41(32)51)48(62)58-49(63)54(4)28-10-26-52(2)42-30-35(20-16-33(42)18-23-45(52)54)56-47(61)43(21-24-46(59)60)57-50(64)65-31-40-38-13-7-5-11-36(38)37-12-6-8-14-39(37)40/h5-8,11-16,19-20,29-30,40,43-45H,9-10,17-18,21-28,31,55H2,1-4H3,(H,56,61)(H,57,64)(H,59,60)(H,58,62,63)/t43-,44+,45+,51+,52+,53-,54-/m0/s1. The molecule has 0 bridgehead atoms. The number of hydrogen-bond acceptors (Lipinski definition) is 7. The number of carbonyl (C=O) groups excluding carboxylic acids is 4. The number of benzene rings is 4. The van der Waals surface area contributed by atoms with Gasteiger partial charge in [0.2, 0.25) is 17.7 Å². The van der Waals surface area contributed by atoms with Crippen LogP contribution >= 0.6 is 0 Å². The van der Waals surface area contributed by atoms with Crippen molar-refractivity contribution in [3.8, 4) is 11.1 Å². The lowest BCUT2D eigenvalue weighted by Gasteiger charge is -2.56. The fourth-order valence-corrected chi connectivity index (χ4v) is 13.5. The fraction of sp³-hybridized carbons (Fsp3) is 0.463. The van der Waals surface area contributed by atoms with Gasteiger partial charge in [-0.1, -0.05) is 101 Å². The summed E-state index contributed by atoms with van der Waals surface area (Å²) in [5.74, 6) is -2.20. The maximum atomic E-state index is 14.7. The van der Waals surface area contributed by atoms with Gasteiger partial charge >= 0.3 is 12.1 Å². The molecule has 2 saturated carbocycles. The van der Waals surface area contributed by atoms with Gasteiger partial charge in [0.1, 0.15) is 12.6 Å². The minimum absolute atomic E-state index is 0.0486. The van der Waals surface area contributed by atoms with E-state index in [9.17, 15) is 29.1 Å². The molecule has 0 heterocycles. The van der Waals surface area contributed by atoms with Crippen LogP contribution in [0.25, 0.3) is 11.1 Å². The number of hydrogen-bond donors (Lipinski definition) is 5. The summed E-state index contributed by atoms with van der Waals surface area (Å²) in [6.07, 6.45) is 6.88. The summed E-state index contributed by atoms with van der Waals surface area (Å²) >= 11 is 0. The van der Waals surface area contributed by atoms with E-state index in [1.54, 1.807) is 0 Å². The number of carboxylic acid groups (broad SMARTS) is 1. The number of imide groups is 1. The Morgan fingerprint density at radius 2 is 1.26 bits per heavy atom. The molecule has 9 rings (SSSR count). The quantitative estimate of drug-likeness (QED) is 0.0773. The van der Waals surface area contributed by atoms with Gasteiger partial charge in [0.15, 0.2) is 0 Å². The third-order valence-corrected chi connectivity index (χ3v) is 16.9. The molecule has 5 aliphatic carbocycles. The number of amides is 4. The van der Waals surface area contributed by atoms with Crippen LogP contribution in [0.4, 0.5) is 16.2 Å². The van der Waals surface area contributed by atoms with Gasteiger partial charge < -0.3 is 26.2 Å². The third-order valence-electron chi connectivity index (χ3n) is 16.9. The topological polar surface area (TPSA) is 177 Å². The molecule has 0 saturated heterocycles. The van der Waals surface area contributed by atoms with Gasteiger partial charge in [-0.3, -0.25) is 24.5 Å². The Labute approximate surface area is 381 Å².